The second-order valence-electron chi connectivity index (χ2n) is 6.58. The Kier molecular flexibility index (Phi) is 4.20. The maximum atomic E-state index is 12.4. The molecular formula is C19H20N4O3. The number of aryl methyl sites for hydroxylation is 1. The van der Waals surface area contributed by atoms with Gasteiger partial charge in [-0.1, -0.05) is 30.7 Å². The van der Waals surface area contributed by atoms with Crippen LogP contribution in [-0.4, -0.2) is 25.4 Å². The number of benzene rings is 2. The molecule has 134 valence electrons. The minimum Gasteiger partial charge on any atom is -0.507 e. The zero-order chi connectivity index (χ0) is 18.1. The number of rotatable bonds is 3. The van der Waals surface area contributed by atoms with Gasteiger partial charge < -0.3 is 10.4 Å². The van der Waals surface area contributed by atoms with E-state index < -0.39 is 0 Å². The van der Waals surface area contributed by atoms with Gasteiger partial charge in [0.25, 0.3) is 0 Å². The molecule has 0 saturated carbocycles. The van der Waals surface area contributed by atoms with Gasteiger partial charge in [-0.05, 0) is 24.3 Å². The molecule has 2 aromatic carbocycles. The quantitative estimate of drug-likeness (QED) is 0.757. The number of aromatic hydroxyl groups is 1. The van der Waals surface area contributed by atoms with Crippen molar-refractivity contribution in [1.82, 2.24) is 14.3 Å². The van der Waals surface area contributed by atoms with E-state index in [2.05, 4.69) is 10.4 Å². The van der Waals surface area contributed by atoms with Crippen molar-refractivity contribution in [3.8, 4) is 5.75 Å². The maximum Gasteiger partial charge on any atom is 0.346 e. The predicted octanol–water partition coefficient (Wildman–Crippen LogP) is 2.27. The van der Waals surface area contributed by atoms with Gasteiger partial charge in [-0.3, -0.25) is 9.36 Å². The lowest BCUT2D eigenvalue weighted by Crippen LogP contribution is -2.30. The van der Waals surface area contributed by atoms with Crippen LogP contribution in [0.1, 0.15) is 25.1 Å². The molecule has 0 unspecified atom stereocenters. The first-order valence-corrected chi connectivity index (χ1v) is 8.80. The van der Waals surface area contributed by atoms with Crippen LogP contribution in [0.15, 0.2) is 41.2 Å². The molecule has 7 heteroatoms. The molecule has 0 spiro atoms. The summed E-state index contributed by atoms with van der Waals surface area (Å²) in [5, 5.41) is 18.7. The highest BCUT2D eigenvalue weighted by molar-refractivity contribution is 5.96. The number of phenols is 1. The molecule has 0 aliphatic carbocycles. The van der Waals surface area contributed by atoms with E-state index in [-0.39, 0.29) is 23.9 Å². The molecule has 0 bridgehead atoms. The number of aromatic nitrogens is 3. The molecule has 4 rings (SSSR count). The topological polar surface area (TPSA) is 89.2 Å². The van der Waals surface area contributed by atoms with Gasteiger partial charge in [0.15, 0.2) is 0 Å². The second kappa shape index (κ2) is 6.67. The van der Waals surface area contributed by atoms with Crippen LogP contribution in [0.4, 0.5) is 5.69 Å². The van der Waals surface area contributed by atoms with E-state index in [0.29, 0.717) is 12.2 Å². The van der Waals surface area contributed by atoms with Crippen molar-refractivity contribution in [3.63, 3.8) is 0 Å². The summed E-state index contributed by atoms with van der Waals surface area (Å²) in [7, 11) is 0. The highest BCUT2D eigenvalue weighted by atomic mass is 16.3. The molecule has 1 aliphatic heterocycles. The molecular weight excluding hydrogens is 332 g/mol. The van der Waals surface area contributed by atoms with Crippen LogP contribution >= 0.6 is 0 Å². The summed E-state index contributed by atoms with van der Waals surface area (Å²) >= 11 is 0. The Hall–Kier alpha value is -3.09. The first kappa shape index (κ1) is 16.4. The average Bonchev–Trinajstić information content (AvgIpc) is 2.79. The standard InChI is InChI=1S/C19H20N4O3/c24-16-11-14(10-13-6-3-4-7-15(13)16)20-18(25)12-23-19(26)22-9-5-1-2-8-17(22)21-23/h3-4,6-7,10-11,24H,1-2,5,8-9,12H2,(H,20,25). The molecule has 0 radical (unpaired) electrons. The fourth-order valence-corrected chi connectivity index (χ4v) is 3.43. The Morgan fingerprint density at radius 1 is 1.19 bits per heavy atom. The van der Waals surface area contributed by atoms with Gasteiger partial charge >= 0.3 is 5.69 Å². The lowest BCUT2D eigenvalue weighted by Gasteiger charge is -2.08. The van der Waals surface area contributed by atoms with Crippen LogP contribution in [0, 0.1) is 0 Å². The largest absolute Gasteiger partial charge is 0.507 e. The Labute approximate surface area is 149 Å². The van der Waals surface area contributed by atoms with Gasteiger partial charge in [0.1, 0.15) is 18.1 Å². The van der Waals surface area contributed by atoms with E-state index in [1.807, 2.05) is 24.3 Å². The van der Waals surface area contributed by atoms with Gasteiger partial charge in [0, 0.05) is 30.1 Å². The van der Waals surface area contributed by atoms with E-state index >= 15 is 0 Å². The van der Waals surface area contributed by atoms with Crippen molar-refractivity contribution in [3.05, 3.63) is 52.7 Å². The van der Waals surface area contributed by atoms with Gasteiger partial charge in [-0.25, -0.2) is 9.48 Å². The van der Waals surface area contributed by atoms with Crippen molar-refractivity contribution >= 4 is 22.4 Å². The van der Waals surface area contributed by atoms with Crippen molar-refractivity contribution in [1.29, 1.82) is 0 Å². The second-order valence-corrected chi connectivity index (χ2v) is 6.58. The molecule has 0 fully saturated rings. The third-order valence-corrected chi connectivity index (χ3v) is 4.70. The summed E-state index contributed by atoms with van der Waals surface area (Å²) in [6, 6.07) is 10.7. The number of fused-ring (bicyclic) bond motifs is 2. The van der Waals surface area contributed by atoms with Crippen molar-refractivity contribution in [2.45, 2.75) is 38.8 Å². The van der Waals surface area contributed by atoms with Gasteiger partial charge in [0.05, 0.1) is 0 Å². The lowest BCUT2D eigenvalue weighted by atomic mass is 10.1. The number of hydrogen-bond acceptors (Lipinski definition) is 4. The SMILES string of the molecule is O=C(Cn1nc2n(c1=O)CCCCC2)Nc1cc(O)c2ccccc2c1. The van der Waals surface area contributed by atoms with Gasteiger partial charge in [0.2, 0.25) is 5.91 Å². The van der Waals surface area contributed by atoms with Crippen LogP contribution in [0.2, 0.25) is 0 Å². The summed E-state index contributed by atoms with van der Waals surface area (Å²) in [6.45, 7) is 0.515. The molecule has 2 heterocycles. The Morgan fingerprint density at radius 2 is 2.04 bits per heavy atom. The predicted molar refractivity (Wildman–Crippen MR) is 98.3 cm³/mol. The van der Waals surface area contributed by atoms with Gasteiger partial charge in [-0.2, -0.15) is 5.10 Å². The van der Waals surface area contributed by atoms with Crippen molar-refractivity contribution in [2.24, 2.45) is 0 Å². The monoisotopic (exact) mass is 352 g/mol. The van der Waals surface area contributed by atoms with Crippen LogP contribution < -0.4 is 11.0 Å². The molecule has 1 amide bonds. The number of nitrogens with one attached hydrogen (secondary N) is 1. The smallest absolute Gasteiger partial charge is 0.346 e. The molecule has 7 nitrogen and oxygen atoms in total. The normalized spacial score (nSPS) is 14.0. The van der Waals surface area contributed by atoms with Crippen molar-refractivity contribution < 1.29 is 9.90 Å². The third-order valence-electron chi connectivity index (χ3n) is 4.70. The molecule has 3 aromatic rings. The number of nitrogens with zero attached hydrogens (tertiary/aromatic N) is 3. The van der Waals surface area contributed by atoms with E-state index in [4.69, 9.17) is 0 Å². The number of anilines is 1. The van der Waals surface area contributed by atoms with Crippen LogP contribution in [0.5, 0.6) is 5.75 Å². The number of amides is 1. The molecule has 0 saturated heterocycles. The maximum absolute atomic E-state index is 12.4. The third kappa shape index (κ3) is 3.08. The van der Waals surface area contributed by atoms with Crippen molar-refractivity contribution in [2.75, 3.05) is 5.32 Å². The fourth-order valence-electron chi connectivity index (χ4n) is 3.43. The van der Waals surface area contributed by atoms with E-state index in [9.17, 15) is 14.7 Å². The number of hydrogen-bond donors (Lipinski definition) is 2. The Morgan fingerprint density at radius 3 is 2.92 bits per heavy atom. The Bertz CT molecular complexity index is 1030. The molecule has 1 aliphatic rings. The van der Waals surface area contributed by atoms with E-state index in [0.717, 1.165) is 42.3 Å². The number of phenolic OH excluding ortho intramolecular Hbond substituents is 1. The van der Waals surface area contributed by atoms with Crippen LogP contribution in [0.3, 0.4) is 0 Å². The van der Waals surface area contributed by atoms with E-state index in [1.54, 1.807) is 10.6 Å². The minimum absolute atomic E-state index is 0.101. The van der Waals surface area contributed by atoms with Crippen LogP contribution in [-0.2, 0) is 24.3 Å². The molecule has 26 heavy (non-hydrogen) atoms. The summed E-state index contributed by atoms with van der Waals surface area (Å²) in [6.07, 6.45) is 3.83. The highest BCUT2D eigenvalue weighted by Crippen LogP contribution is 2.28. The number of carbonyl (C=O) groups is 1. The highest BCUT2D eigenvalue weighted by Gasteiger charge is 2.17. The zero-order valence-electron chi connectivity index (χ0n) is 14.3. The lowest BCUT2D eigenvalue weighted by molar-refractivity contribution is -0.117. The van der Waals surface area contributed by atoms with Crippen LogP contribution in [0.25, 0.3) is 10.8 Å². The summed E-state index contributed by atoms with van der Waals surface area (Å²) in [5.74, 6) is 0.503. The molecule has 1 aromatic heterocycles. The first-order valence-electron chi connectivity index (χ1n) is 8.80. The fraction of sp³-hybridized carbons (Fsp3) is 0.316. The summed E-state index contributed by atoms with van der Waals surface area (Å²) in [4.78, 5) is 24.8. The zero-order valence-corrected chi connectivity index (χ0v) is 14.3. The molecule has 2 N–H and O–H groups in total. The van der Waals surface area contributed by atoms with Gasteiger partial charge in [-0.15, -0.1) is 0 Å². The summed E-state index contributed by atoms with van der Waals surface area (Å²) < 4.78 is 2.89. The van der Waals surface area contributed by atoms with E-state index in [1.165, 1.54) is 10.7 Å². The minimum atomic E-state index is -0.352. The number of carbonyl (C=O) groups excluding carboxylic acids is 1. The first-order chi connectivity index (χ1) is 12.6. The molecule has 0 atom stereocenters. The average molecular weight is 352 g/mol. The Balaban J connectivity index is 1.54. The summed E-state index contributed by atoms with van der Waals surface area (Å²) in [5.41, 5.74) is 0.249.